The Labute approximate surface area is 179 Å². The van der Waals surface area contributed by atoms with Gasteiger partial charge in [0, 0.05) is 31.5 Å². The Morgan fingerprint density at radius 1 is 1.37 bits per heavy atom. The van der Waals surface area contributed by atoms with Crippen LogP contribution in [-0.4, -0.2) is 46.1 Å². The van der Waals surface area contributed by atoms with E-state index >= 15 is 0 Å². The number of guanidine groups is 1. The van der Waals surface area contributed by atoms with Gasteiger partial charge in [0.2, 0.25) is 0 Å². The molecule has 1 aromatic heterocycles. The lowest BCUT2D eigenvalue weighted by molar-refractivity contribution is 0.267. The third-order valence-electron chi connectivity index (χ3n) is 5.12. The van der Waals surface area contributed by atoms with Crippen LogP contribution in [0.4, 0.5) is 0 Å². The van der Waals surface area contributed by atoms with E-state index in [0.717, 1.165) is 25.5 Å². The number of likely N-dealkylation sites (tertiary alicyclic amines) is 1. The Kier molecular flexibility index (Phi) is 8.56. The van der Waals surface area contributed by atoms with Crippen molar-refractivity contribution in [2.75, 3.05) is 19.6 Å². The molecule has 0 spiro atoms. The third kappa shape index (κ3) is 6.21. The molecule has 27 heavy (non-hydrogen) atoms. The fourth-order valence-corrected chi connectivity index (χ4v) is 3.59. The van der Waals surface area contributed by atoms with Gasteiger partial charge in [0.25, 0.3) is 0 Å². The first kappa shape index (κ1) is 21.7. The molecule has 148 valence electrons. The minimum Gasteiger partial charge on any atom is -0.370 e. The van der Waals surface area contributed by atoms with Crippen LogP contribution in [0.5, 0.6) is 0 Å². The minimum atomic E-state index is 0. The Morgan fingerprint density at radius 2 is 2.19 bits per heavy atom. The highest BCUT2D eigenvalue weighted by atomic mass is 127. The number of aromatic nitrogens is 2. The second-order valence-electron chi connectivity index (χ2n) is 6.93. The number of imidazole rings is 1. The Morgan fingerprint density at radius 3 is 2.93 bits per heavy atom. The molecule has 1 aliphatic rings. The summed E-state index contributed by atoms with van der Waals surface area (Å²) in [4.78, 5) is 11.3. The summed E-state index contributed by atoms with van der Waals surface area (Å²) in [5.74, 6) is 1.55. The topological polar surface area (TPSA) is 71.5 Å². The first-order valence-electron chi connectivity index (χ1n) is 9.49. The highest BCUT2D eigenvalue weighted by Gasteiger charge is 2.22. The number of hydrogen-bond acceptors (Lipinski definition) is 3. The summed E-state index contributed by atoms with van der Waals surface area (Å²) in [6.45, 7) is 8.83. The van der Waals surface area contributed by atoms with Crippen molar-refractivity contribution in [2.45, 2.75) is 45.8 Å². The van der Waals surface area contributed by atoms with E-state index in [1.165, 1.54) is 30.5 Å². The Hall–Kier alpha value is -1.61. The molecule has 1 aliphatic heterocycles. The van der Waals surface area contributed by atoms with Crippen molar-refractivity contribution in [1.29, 1.82) is 0 Å². The average molecular weight is 482 g/mol. The Bertz CT molecular complexity index is 742. The van der Waals surface area contributed by atoms with Gasteiger partial charge in [-0.3, -0.25) is 4.90 Å². The molecular formula is C20H31IN6. The van der Waals surface area contributed by atoms with E-state index in [1.54, 1.807) is 0 Å². The van der Waals surface area contributed by atoms with Crippen molar-refractivity contribution in [3.05, 3.63) is 53.6 Å². The summed E-state index contributed by atoms with van der Waals surface area (Å²) in [7, 11) is 0. The SMILES string of the molecule is CCN1CCCC1CNC(N)=NCc1cccc(Cn2ccnc2C)c1.I. The summed E-state index contributed by atoms with van der Waals surface area (Å²) in [6, 6.07) is 9.07. The fraction of sp³-hybridized carbons (Fsp3) is 0.500. The second-order valence-corrected chi connectivity index (χ2v) is 6.93. The fourth-order valence-electron chi connectivity index (χ4n) is 3.59. The van der Waals surface area contributed by atoms with Crippen molar-refractivity contribution in [3.63, 3.8) is 0 Å². The molecule has 1 atom stereocenters. The van der Waals surface area contributed by atoms with Crippen molar-refractivity contribution in [3.8, 4) is 0 Å². The summed E-state index contributed by atoms with van der Waals surface area (Å²) in [5, 5.41) is 3.29. The van der Waals surface area contributed by atoms with Gasteiger partial charge in [-0.25, -0.2) is 9.98 Å². The number of halogens is 1. The van der Waals surface area contributed by atoms with Crippen LogP contribution in [-0.2, 0) is 13.1 Å². The molecule has 3 N–H and O–H groups in total. The van der Waals surface area contributed by atoms with E-state index < -0.39 is 0 Å². The number of nitrogens with one attached hydrogen (secondary N) is 1. The maximum absolute atomic E-state index is 6.06. The molecule has 1 saturated heterocycles. The van der Waals surface area contributed by atoms with Crippen molar-refractivity contribution in [2.24, 2.45) is 10.7 Å². The maximum atomic E-state index is 6.06. The lowest BCUT2D eigenvalue weighted by Crippen LogP contribution is -2.42. The lowest BCUT2D eigenvalue weighted by Gasteiger charge is -2.23. The minimum absolute atomic E-state index is 0. The van der Waals surface area contributed by atoms with Gasteiger partial charge in [0.15, 0.2) is 5.96 Å². The zero-order valence-electron chi connectivity index (χ0n) is 16.3. The van der Waals surface area contributed by atoms with Gasteiger partial charge in [0.1, 0.15) is 5.82 Å². The predicted octanol–water partition coefficient (Wildman–Crippen LogP) is 2.75. The molecule has 0 amide bonds. The summed E-state index contributed by atoms with van der Waals surface area (Å²) < 4.78 is 2.14. The number of hydrogen-bond donors (Lipinski definition) is 2. The molecule has 0 radical (unpaired) electrons. The van der Waals surface area contributed by atoms with Gasteiger partial charge < -0.3 is 15.6 Å². The highest BCUT2D eigenvalue weighted by Crippen LogP contribution is 2.15. The van der Waals surface area contributed by atoms with Gasteiger partial charge in [-0.05, 0) is 44.0 Å². The number of likely N-dealkylation sites (N-methyl/N-ethyl adjacent to an activating group) is 1. The van der Waals surface area contributed by atoms with Gasteiger partial charge in [-0.2, -0.15) is 0 Å². The number of rotatable bonds is 7. The van der Waals surface area contributed by atoms with Crippen LogP contribution in [0.1, 0.15) is 36.7 Å². The van der Waals surface area contributed by atoms with E-state index in [-0.39, 0.29) is 24.0 Å². The molecule has 2 aromatic rings. The van der Waals surface area contributed by atoms with Crippen LogP contribution in [0.2, 0.25) is 0 Å². The van der Waals surface area contributed by atoms with E-state index in [4.69, 9.17) is 5.73 Å². The largest absolute Gasteiger partial charge is 0.370 e. The molecule has 3 rings (SSSR count). The molecule has 1 fully saturated rings. The summed E-state index contributed by atoms with van der Waals surface area (Å²) >= 11 is 0. The van der Waals surface area contributed by atoms with Gasteiger partial charge >= 0.3 is 0 Å². The van der Waals surface area contributed by atoms with Crippen molar-refractivity contribution >= 4 is 29.9 Å². The standard InChI is InChI=1S/C20H30N6.HI/c1-3-25-10-5-8-19(25)14-24-20(21)23-13-17-6-4-7-18(12-17)15-26-11-9-22-16(26)2;/h4,6-7,9,11-12,19H,3,5,8,10,13-15H2,1-2H3,(H3,21,23,24);1H. The van der Waals surface area contributed by atoms with Gasteiger partial charge in [-0.15, -0.1) is 24.0 Å². The molecule has 6 nitrogen and oxygen atoms in total. The normalized spacial score (nSPS) is 17.7. The van der Waals surface area contributed by atoms with Crippen LogP contribution in [0.15, 0.2) is 41.7 Å². The summed E-state index contributed by atoms with van der Waals surface area (Å²) in [6.07, 6.45) is 6.36. The molecule has 1 unspecified atom stereocenters. The van der Waals surface area contributed by atoms with Crippen molar-refractivity contribution < 1.29 is 0 Å². The molecule has 1 aromatic carbocycles. The average Bonchev–Trinajstić information content (AvgIpc) is 3.27. The first-order valence-corrected chi connectivity index (χ1v) is 9.49. The number of aryl methyl sites for hydroxylation is 1. The Balaban J connectivity index is 0.00000261. The summed E-state index contributed by atoms with van der Waals surface area (Å²) in [5.41, 5.74) is 8.48. The van der Waals surface area contributed by atoms with E-state index in [9.17, 15) is 0 Å². The van der Waals surface area contributed by atoms with E-state index in [0.29, 0.717) is 18.5 Å². The lowest BCUT2D eigenvalue weighted by atomic mass is 10.1. The first-order chi connectivity index (χ1) is 12.7. The monoisotopic (exact) mass is 482 g/mol. The van der Waals surface area contributed by atoms with E-state index in [2.05, 4.69) is 55.9 Å². The van der Waals surface area contributed by atoms with Crippen molar-refractivity contribution in [1.82, 2.24) is 19.8 Å². The third-order valence-corrected chi connectivity index (χ3v) is 5.12. The zero-order valence-corrected chi connectivity index (χ0v) is 18.6. The smallest absolute Gasteiger partial charge is 0.188 e. The number of nitrogens with two attached hydrogens (primary N) is 1. The van der Waals surface area contributed by atoms with Crippen LogP contribution >= 0.6 is 24.0 Å². The van der Waals surface area contributed by atoms with Crippen LogP contribution in [0, 0.1) is 6.92 Å². The highest BCUT2D eigenvalue weighted by molar-refractivity contribution is 14.0. The van der Waals surface area contributed by atoms with Gasteiger partial charge in [-0.1, -0.05) is 31.2 Å². The van der Waals surface area contributed by atoms with Crippen LogP contribution < -0.4 is 11.1 Å². The predicted molar refractivity (Wildman–Crippen MR) is 122 cm³/mol. The molecule has 0 aliphatic carbocycles. The van der Waals surface area contributed by atoms with Crippen LogP contribution in [0.3, 0.4) is 0 Å². The zero-order chi connectivity index (χ0) is 18.4. The quantitative estimate of drug-likeness (QED) is 0.362. The molecule has 7 heteroatoms. The number of benzene rings is 1. The number of nitrogens with zero attached hydrogens (tertiary/aromatic N) is 4. The molecule has 0 bridgehead atoms. The second kappa shape index (κ2) is 10.7. The number of aliphatic imine (C=N–C) groups is 1. The van der Waals surface area contributed by atoms with E-state index in [1.807, 2.05) is 19.3 Å². The maximum Gasteiger partial charge on any atom is 0.188 e. The van der Waals surface area contributed by atoms with Gasteiger partial charge in [0.05, 0.1) is 6.54 Å². The molecule has 2 heterocycles. The molecule has 0 saturated carbocycles. The molecular weight excluding hydrogens is 451 g/mol. The van der Waals surface area contributed by atoms with Crippen LogP contribution in [0.25, 0.3) is 0 Å².